The highest BCUT2D eigenvalue weighted by molar-refractivity contribution is 7.99. The van der Waals surface area contributed by atoms with Gasteiger partial charge >= 0.3 is 0 Å². The van der Waals surface area contributed by atoms with Gasteiger partial charge in [-0.05, 0) is 97.9 Å². The molecular formula is C51H46N4S. The smallest absolute Gasteiger partial charge is 0.0716 e. The van der Waals surface area contributed by atoms with Gasteiger partial charge in [0.2, 0.25) is 0 Å². The summed E-state index contributed by atoms with van der Waals surface area (Å²) in [5, 5.41) is 2.46. The van der Waals surface area contributed by atoms with Gasteiger partial charge in [0.15, 0.2) is 0 Å². The summed E-state index contributed by atoms with van der Waals surface area (Å²) < 4.78 is 2.38. The molecule has 56 heavy (non-hydrogen) atoms. The van der Waals surface area contributed by atoms with Gasteiger partial charge in [0.05, 0.1) is 40.4 Å². The molecule has 0 aliphatic carbocycles. The Labute approximate surface area is 335 Å². The molecule has 0 saturated heterocycles. The van der Waals surface area contributed by atoms with Crippen molar-refractivity contribution in [2.24, 2.45) is 9.98 Å². The number of aliphatic imine (C=N–C) groups is 2. The van der Waals surface area contributed by atoms with E-state index in [1.807, 2.05) is 68.1 Å². The molecule has 0 N–H and O–H groups in total. The van der Waals surface area contributed by atoms with Crippen LogP contribution in [-0.2, 0) is 6.54 Å². The van der Waals surface area contributed by atoms with E-state index in [9.17, 15) is 0 Å². The predicted octanol–water partition coefficient (Wildman–Crippen LogP) is 14.4. The number of benzene rings is 5. The Hall–Kier alpha value is -6.69. The van der Waals surface area contributed by atoms with Crippen LogP contribution in [0.5, 0.6) is 0 Å². The fourth-order valence-corrected chi connectivity index (χ4v) is 7.88. The third kappa shape index (κ3) is 8.04. The molecular weight excluding hydrogens is 701 g/mol. The fraction of sp³-hybridized carbons (Fsp3) is 0.0588. The van der Waals surface area contributed by atoms with Crippen molar-refractivity contribution in [3.05, 3.63) is 219 Å². The van der Waals surface area contributed by atoms with Crippen LogP contribution in [0.4, 0.5) is 17.1 Å². The number of anilines is 3. The maximum Gasteiger partial charge on any atom is 0.0716 e. The van der Waals surface area contributed by atoms with Crippen LogP contribution < -0.4 is 4.90 Å². The molecule has 1 aliphatic rings. The highest BCUT2D eigenvalue weighted by atomic mass is 32.2. The van der Waals surface area contributed by atoms with E-state index in [-0.39, 0.29) is 0 Å². The first-order valence-electron chi connectivity index (χ1n) is 18.5. The Morgan fingerprint density at radius 3 is 2.16 bits per heavy atom. The minimum Gasteiger partial charge on any atom is -0.309 e. The largest absolute Gasteiger partial charge is 0.309 e. The number of aromatic nitrogens is 1. The first kappa shape index (κ1) is 39.0. The van der Waals surface area contributed by atoms with Crippen LogP contribution >= 0.6 is 11.8 Å². The lowest BCUT2D eigenvalue weighted by atomic mass is 10.0. The van der Waals surface area contributed by atoms with Gasteiger partial charge in [-0.25, -0.2) is 0 Å². The Bertz CT molecular complexity index is 2580. The van der Waals surface area contributed by atoms with Crippen LogP contribution in [0.2, 0.25) is 0 Å². The number of allylic oxidation sites excluding steroid dienone is 10. The van der Waals surface area contributed by atoms with Crippen LogP contribution in [0.3, 0.4) is 0 Å². The van der Waals surface area contributed by atoms with Crippen LogP contribution in [0.1, 0.15) is 19.4 Å². The van der Waals surface area contributed by atoms with Gasteiger partial charge in [-0.3, -0.25) is 9.98 Å². The van der Waals surface area contributed by atoms with Crippen molar-refractivity contribution < 1.29 is 0 Å². The molecule has 5 heteroatoms. The topological polar surface area (TPSA) is 32.9 Å². The Morgan fingerprint density at radius 1 is 0.714 bits per heavy atom. The summed E-state index contributed by atoms with van der Waals surface area (Å²) in [7, 11) is 0. The highest BCUT2D eigenvalue weighted by Crippen LogP contribution is 2.53. The molecule has 1 aromatic heterocycles. The number of para-hydroxylation sites is 3. The molecule has 0 radical (unpaired) electrons. The highest BCUT2D eigenvalue weighted by Gasteiger charge is 2.27. The summed E-state index contributed by atoms with van der Waals surface area (Å²) in [6.07, 6.45) is 17.4. The molecule has 0 saturated carbocycles. The molecule has 0 unspecified atom stereocenters. The van der Waals surface area contributed by atoms with E-state index < -0.39 is 0 Å². The molecule has 2 heterocycles. The van der Waals surface area contributed by atoms with E-state index in [0.29, 0.717) is 12.2 Å². The molecule has 0 spiro atoms. The summed E-state index contributed by atoms with van der Waals surface area (Å²) >= 11 is 1.83. The summed E-state index contributed by atoms with van der Waals surface area (Å²) in [4.78, 5) is 14.3. The first-order chi connectivity index (χ1) is 27.6. The van der Waals surface area contributed by atoms with E-state index in [2.05, 4.69) is 163 Å². The predicted molar refractivity (Wildman–Crippen MR) is 246 cm³/mol. The lowest BCUT2D eigenvalue weighted by Gasteiger charge is -2.33. The maximum atomic E-state index is 5.11. The minimum absolute atomic E-state index is 0.487. The number of hydrogen-bond donors (Lipinski definition) is 0. The number of fused-ring (bicyclic) bond motifs is 5. The van der Waals surface area contributed by atoms with Crippen LogP contribution in [0, 0.1) is 0 Å². The number of hydrogen-bond acceptors (Lipinski definition) is 4. The third-order valence-electron chi connectivity index (χ3n) is 9.41. The molecule has 276 valence electrons. The maximum absolute atomic E-state index is 5.11. The second kappa shape index (κ2) is 18.6. The second-order valence-electron chi connectivity index (χ2n) is 12.7. The zero-order valence-corrected chi connectivity index (χ0v) is 32.9. The third-order valence-corrected chi connectivity index (χ3v) is 10.5. The summed E-state index contributed by atoms with van der Waals surface area (Å²) in [6, 6.07) is 41.5. The lowest BCUT2D eigenvalue weighted by Crippen LogP contribution is -2.15. The van der Waals surface area contributed by atoms with Gasteiger partial charge < -0.3 is 9.47 Å². The van der Waals surface area contributed by atoms with Gasteiger partial charge in [0.1, 0.15) is 0 Å². The van der Waals surface area contributed by atoms with Gasteiger partial charge in [-0.1, -0.05) is 134 Å². The number of rotatable bonds is 12. The Morgan fingerprint density at radius 2 is 1.45 bits per heavy atom. The summed E-state index contributed by atoms with van der Waals surface area (Å²) in [5.74, 6) is 0. The molecule has 5 aromatic carbocycles. The average Bonchev–Trinajstić information content (AvgIpc) is 3.57. The van der Waals surface area contributed by atoms with E-state index >= 15 is 0 Å². The van der Waals surface area contributed by atoms with Crippen molar-refractivity contribution in [1.29, 1.82) is 0 Å². The molecule has 6 aromatic rings. The van der Waals surface area contributed by atoms with Crippen molar-refractivity contribution in [1.82, 2.24) is 4.57 Å². The zero-order valence-electron chi connectivity index (χ0n) is 32.1. The summed E-state index contributed by atoms with van der Waals surface area (Å²) in [6.45, 7) is 22.2. The molecule has 0 atom stereocenters. The normalized spacial score (nSPS) is 13.4. The zero-order chi connectivity index (χ0) is 39.4. The standard InChI is InChI=1S/C49H42N4S.C2H4/c1-6-10-19-36(8-3)42(50-5)32-43(37(9-4)20-11-7-2)51-34-35-27-29-39(30-28-35)53-45-25-17-18-26-48(45)54-49-33-46-41(31-47(49)53)40-23-15-16-24-44(40)52(46)38-21-13-12-14-22-38;1-2/h6-33H,2-3,5,34H2,1,4H3;1-2H2/b10-6-,20-11-,36-19+,37-9+,42-32-,51-43?;. The molecule has 4 nitrogen and oxygen atoms in total. The van der Waals surface area contributed by atoms with Crippen molar-refractivity contribution >= 4 is 63.1 Å². The lowest BCUT2D eigenvalue weighted by molar-refractivity contribution is 1.06. The van der Waals surface area contributed by atoms with Gasteiger partial charge in [-0.2, -0.15) is 0 Å². The molecule has 0 bridgehead atoms. The van der Waals surface area contributed by atoms with E-state index in [4.69, 9.17) is 4.99 Å². The fourth-order valence-electron chi connectivity index (χ4n) is 6.81. The van der Waals surface area contributed by atoms with Crippen LogP contribution in [0.15, 0.2) is 233 Å². The average molecular weight is 747 g/mol. The van der Waals surface area contributed by atoms with Crippen LogP contribution in [-0.4, -0.2) is 17.0 Å². The van der Waals surface area contributed by atoms with Crippen molar-refractivity contribution in [2.75, 3.05) is 4.90 Å². The SMILES string of the molecule is C=C.C=C/C=C\C(=C/C)C(/C=C(N=C)/C(C=C)=C/C=C\C)=NCc1ccc(N2c3ccccc3Sc3cc4c(cc32)c2ccccc2n4-c2ccccc2)cc1. The van der Waals surface area contributed by atoms with Crippen molar-refractivity contribution in [3.8, 4) is 5.69 Å². The second-order valence-corrected chi connectivity index (χ2v) is 13.8. The Balaban J connectivity index is 0.00000262. The molecule has 0 amide bonds. The minimum atomic E-state index is 0.487. The van der Waals surface area contributed by atoms with Crippen molar-refractivity contribution in [2.45, 2.75) is 30.2 Å². The quantitative estimate of drug-likeness (QED) is 0.0708. The van der Waals surface area contributed by atoms with Gasteiger partial charge in [0.25, 0.3) is 0 Å². The van der Waals surface area contributed by atoms with Crippen molar-refractivity contribution in [3.63, 3.8) is 0 Å². The van der Waals surface area contributed by atoms with E-state index in [1.165, 1.54) is 43.0 Å². The van der Waals surface area contributed by atoms with Gasteiger partial charge in [0, 0.05) is 31.9 Å². The Kier molecular flexibility index (Phi) is 12.9. The molecule has 1 aliphatic heterocycles. The number of nitrogens with zero attached hydrogens (tertiary/aromatic N) is 4. The summed E-state index contributed by atoms with van der Waals surface area (Å²) in [5.41, 5.74) is 11.4. The van der Waals surface area contributed by atoms with E-state index in [0.717, 1.165) is 33.8 Å². The first-order valence-corrected chi connectivity index (χ1v) is 19.3. The van der Waals surface area contributed by atoms with Crippen LogP contribution in [0.25, 0.3) is 27.5 Å². The molecule has 7 rings (SSSR count). The van der Waals surface area contributed by atoms with Gasteiger partial charge in [-0.15, -0.1) is 13.2 Å². The van der Waals surface area contributed by atoms with E-state index in [1.54, 1.807) is 12.2 Å². The molecule has 0 fully saturated rings. The monoisotopic (exact) mass is 746 g/mol.